The number of nitrogens with one attached hydrogen (secondary N) is 2. The van der Waals surface area contributed by atoms with E-state index in [2.05, 4.69) is 15.3 Å². The minimum atomic E-state index is -0.974. The van der Waals surface area contributed by atoms with E-state index in [1.54, 1.807) is 12.1 Å². The Morgan fingerprint density at radius 3 is 3.10 bits per heavy atom. The van der Waals surface area contributed by atoms with Crippen molar-refractivity contribution in [3.8, 4) is 0 Å². The predicted octanol–water partition coefficient (Wildman–Crippen LogP) is 2.03. The van der Waals surface area contributed by atoms with E-state index in [1.165, 1.54) is 6.20 Å². The van der Waals surface area contributed by atoms with Crippen molar-refractivity contribution in [1.82, 2.24) is 14.9 Å². The third-order valence-electron chi connectivity index (χ3n) is 3.81. The Morgan fingerprint density at radius 1 is 1.52 bits per heavy atom. The molecule has 3 rings (SSSR count). The standard InChI is InChI=1S/C14H16ClFN4O/c1-20-5-3-11(10(16)7-20)18-13-9-6-12(15)19-14(21)8(9)2-4-17-13/h2,4,6,10-11H,3,5,7H2,1H3,(H,17,18)(H,19,21)/t10-,11+/m0/s1. The van der Waals surface area contributed by atoms with Gasteiger partial charge in [-0.1, -0.05) is 11.6 Å². The van der Waals surface area contributed by atoms with Crippen LogP contribution in [0.5, 0.6) is 0 Å². The maximum absolute atomic E-state index is 14.1. The van der Waals surface area contributed by atoms with Crippen molar-refractivity contribution in [3.63, 3.8) is 0 Å². The number of piperidine rings is 1. The first-order valence-corrected chi connectivity index (χ1v) is 7.19. The summed E-state index contributed by atoms with van der Waals surface area (Å²) in [6.45, 7) is 1.22. The molecule has 0 radical (unpaired) electrons. The first-order chi connectivity index (χ1) is 10.0. The van der Waals surface area contributed by atoms with Gasteiger partial charge in [0.1, 0.15) is 17.1 Å². The summed E-state index contributed by atoms with van der Waals surface area (Å²) in [5.74, 6) is 0.498. The van der Waals surface area contributed by atoms with Gasteiger partial charge >= 0.3 is 0 Å². The van der Waals surface area contributed by atoms with Crippen LogP contribution < -0.4 is 10.9 Å². The van der Waals surface area contributed by atoms with Gasteiger partial charge < -0.3 is 15.2 Å². The van der Waals surface area contributed by atoms with Crippen molar-refractivity contribution in [1.29, 1.82) is 0 Å². The first-order valence-electron chi connectivity index (χ1n) is 6.81. The SMILES string of the molecule is CN1CC[C@@H](Nc2nccc3c(=O)[nH]c(Cl)cc23)[C@@H](F)C1. The predicted molar refractivity (Wildman–Crippen MR) is 81.8 cm³/mol. The molecule has 2 N–H and O–H groups in total. The highest BCUT2D eigenvalue weighted by molar-refractivity contribution is 6.30. The second-order valence-corrected chi connectivity index (χ2v) is 5.79. The quantitative estimate of drug-likeness (QED) is 0.833. The fourth-order valence-corrected chi connectivity index (χ4v) is 2.86. The first kappa shape index (κ1) is 14.3. The van der Waals surface area contributed by atoms with Crippen LogP contribution in [0.15, 0.2) is 23.1 Å². The molecule has 2 aromatic heterocycles. The molecule has 1 fully saturated rings. The Balaban J connectivity index is 1.96. The molecule has 0 unspecified atom stereocenters. The third-order valence-corrected chi connectivity index (χ3v) is 4.01. The normalized spacial score (nSPS) is 23.4. The molecule has 0 amide bonds. The number of aromatic nitrogens is 2. The van der Waals surface area contributed by atoms with E-state index < -0.39 is 6.17 Å². The van der Waals surface area contributed by atoms with Crippen LogP contribution in [0.25, 0.3) is 10.8 Å². The molecule has 0 aliphatic carbocycles. The Labute approximate surface area is 126 Å². The van der Waals surface area contributed by atoms with Crippen LogP contribution in [0.3, 0.4) is 0 Å². The average molecular weight is 311 g/mol. The van der Waals surface area contributed by atoms with Crippen LogP contribution in [0, 0.1) is 0 Å². The summed E-state index contributed by atoms with van der Waals surface area (Å²) in [4.78, 5) is 20.6. The number of aromatic amines is 1. The van der Waals surface area contributed by atoms with Crippen LogP contribution in [0.4, 0.5) is 10.2 Å². The number of pyridine rings is 2. The molecular formula is C14H16ClFN4O. The highest BCUT2D eigenvalue weighted by atomic mass is 35.5. The zero-order chi connectivity index (χ0) is 15.0. The minimum absolute atomic E-state index is 0.240. The number of hydrogen-bond acceptors (Lipinski definition) is 4. The third kappa shape index (κ3) is 2.87. The maximum Gasteiger partial charge on any atom is 0.257 e. The highest BCUT2D eigenvalue weighted by Gasteiger charge is 2.28. The fourth-order valence-electron chi connectivity index (χ4n) is 2.67. The average Bonchev–Trinajstić information content (AvgIpc) is 2.42. The lowest BCUT2D eigenvalue weighted by Gasteiger charge is -2.33. The molecule has 0 saturated carbocycles. The van der Waals surface area contributed by atoms with Crippen molar-refractivity contribution >= 4 is 28.2 Å². The number of nitrogens with zero attached hydrogens (tertiary/aromatic N) is 2. The number of fused-ring (bicyclic) bond motifs is 1. The van der Waals surface area contributed by atoms with E-state index in [9.17, 15) is 9.18 Å². The summed E-state index contributed by atoms with van der Waals surface area (Å²) >= 11 is 5.89. The van der Waals surface area contributed by atoms with Crippen LogP contribution in [0.2, 0.25) is 5.15 Å². The lowest BCUT2D eigenvalue weighted by atomic mass is 10.0. The molecule has 1 aliphatic heterocycles. The number of alkyl halides is 1. The molecule has 2 atom stereocenters. The zero-order valence-corrected chi connectivity index (χ0v) is 12.3. The van der Waals surface area contributed by atoms with E-state index in [0.717, 1.165) is 6.54 Å². The summed E-state index contributed by atoms with van der Waals surface area (Å²) in [6, 6.07) is 2.95. The van der Waals surface area contributed by atoms with Crippen LogP contribution in [-0.2, 0) is 0 Å². The molecule has 0 bridgehead atoms. The molecule has 0 aromatic carbocycles. The van der Waals surface area contributed by atoms with E-state index >= 15 is 0 Å². The Bertz CT molecular complexity index is 720. The van der Waals surface area contributed by atoms with Gasteiger partial charge in [0, 0.05) is 24.7 Å². The number of hydrogen-bond donors (Lipinski definition) is 2. The van der Waals surface area contributed by atoms with Crippen molar-refractivity contribution in [2.75, 3.05) is 25.5 Å². The second kappa shape index (κ2) is 5.61. The molecule has 7 heteroatoms. The highest BCUT2D eigenvalue weighted by Crippen LogP contribution is 2.24. The summed E-state index contributed by atoms with van der Waals surface area (Å²) in [5.41, 5.74) is -0.275. The number of H-pyrrole nitrogens is 1. The van der Waals surface area contributed by atoms with E-state index in [1.807, 2.05) is 11.9 Å². The van der Waals surface area contributed by atoms with Crippen LogP contribution in [-0.4, -0.2) is 47.2 Å². The maximum atomic E-state index is 14.1. The molecule has 0 spiro atoms. The minimum Gasteiger partial charge on any atom is -0.364 e. The van der Waals surface area contributed by atoms with Crippen LogP contribution >= 0.6 is 11.6 Å². The van der Waals surface area contributed by atoms with Crippen molar-refractivity contribution in [3.05, 3.63) is 33.8 Å². The smallest absolute Gasteiger partial charge is 0.257 e. The molecule has 21 heavy (non-hydrogen) atoms. The lowest BCUT2D eigenvalue weighted by molar-refractivity contribution is 0.149. The van der Waals surface area contributed by atoms with Crippen molar-refractivity contribution < 1.29 is 4.39 Å². The molecule has 1 saturated heterocycles. The van der Waals surface area contributed by atoms with Gasteiger partial charge in [0.25, 0.3) is 5.56 Å². The van der Waals surface area contributed by atoms with Gasteiger partial charge in [-0.2, -0.15) is 0 Å². The number of halogens is 2. The number of rotatable bonds is 2. The summed E-state index contributed by atoms with van der Waals surface area (Å²) < 4.78 is 14.1. The van der Waals surface area contributed by atoms with Gasteiger partial charge in [0.15, 0.2) is 0 Å². The van der Waals surface area contributed by atoms with Crippen molar-refractivity contribution in [2.45, 2.75) is 18.6 Å². The summed E-state index contributed by atoms with van der Waals surface area (Å²) in [6.07, 6.45) is 1.25. The Hall–Kier alpha value is -1.66. The molecule has 112 valence electrons. The molecular weight excluding hydrogens is 295 g/mol. The monoisotopic (exact) mass is 310 g/mol. The number of likely N-dealkylation sites (tertiary alicyclic amines) is 1. The Kier molecular flexibility index (Phi) is 3.82. The lowest BCUT2D eigenvalue weighted by Crippen LogP contribution is -2.46. The molecule has 3 heterocycles. The zero-order valence-electron chi connectivity index (χ0n) is 11.6. The number of anilines is 1. The largest absolute Gasteiger partial charge is 0.364 e. The summed E-state index contributed by atoms with van der Waals surface area (Å²) in [7, 11) is 1.90. The molecule has 1 aliphatic rings. The summed E-state index contributed by atoms with van der Waals surface area (Å²) in [5, 5.41) is 4.46. The van der Waals surface area contributed by atoms with Crippen LogP contribution in [0.1, 0.15) is 6.42 Å². The Morgan fingerprint density at radius 2 is 2.33 bits per heavy atom. The molecule has 5 nitrogen and oxygen atoms in total. The van der Waals surface area contributed by atoms with Gasteiger partial charge in [-0.25, -0.2) is 9.37 Å². The fraction of sp³-hybridized carbons (Fsp3) is 0.429. The van der Waals surface area contributed by atoms with Gasteiger partial charge in [-0.15, -0.1) is 0 Å². The van der Waals surface area contributed by atoms with E-state index in [-0.39, 0.29) is 16.8 Å². The van der Waals surface area contributed by atoms with Gasteiger partial charge in [-0.05, 0) is 25.6 Å². The molecule has 2 aromatic rings. The van der Waals surface area contributed by atoms with Gasteiger partial charge in [-0.3, -0.25) is 4.79 Å². The van der Waals surface area contributed by atoms with Crippen molar-refractivity contribution in [2.24, 2.45) is 0 Å². The van der Waals surface area contributed by atoms with Gasteiger partial charge in [0.2, 0.25) is 0 Å². The van der Waals surface area contributed by atoms with Gasteiger partial charge in [0.05, 0.1) is 11.4 Å². The second-order valence-electron chi connectivity index (χ2n) is 5.38. The topological polar surface area (TPSA) is 61.0 Å². The van der Waals surface area contributed by atoms with E-state index in [0.29, 0.717) is 29.6 Å². The van der Waals surface area contributed by atoms with E-state index in [4.69, 9.17) is 11.6 Å².